The minimum atomic E-state index is -0.471. The molecule has 1 aliphatic rings. The summed E-state index contributed by atoms with van der Waals surface area (Å²) in [6, 6.07) is 3.29. The van der Waals surface area contributed by atoms with Crippen LogP contribution in [0.1, 0.15) is 31.5 Å². The Kier molecular flexibility index (Phi) is 3.82. The van der Waals surface area contributed by atoms with E-state index in [0.29, 0.717) is 27.1 Å². The van der Waals surface area contributed by atoms with Gasteiger partial charge in [0.05, 0.1) is 21.3 Å². The van der Waals surface area contributed by atoms with Crippen LogP contribution in [0.2, 0.25) is 10.0 Å². The molecule has 0 amide bonds. The van der Waals surface area contributed by atoms with Crippen molar-refractivity contribution in [3.05, 3.63) is 28.0 Å². The van der Waals surface area contributed by atoms with Gasteiger partial charge in [0.15, 0.2) is 0 Å². The predicted octanol–water partition coefficient (Wildman–Crippen LogP) is 4.04. The van der Waals surface area contributed by atoms with E-state index in [4.69, 9.17) is 38.2 Å². The smallest absolute Gasteiger partial charge is 0.261 e. The quantitative estimate of drug-likeness (QED) is 0.861. The Morgan fingerprint density at radius 1 is 1.24 bits per heavy atom. The molecule has 1 aromatic carbocycles. The highest BCUT2D eigenvalue weighted by Gasteiger charge is 2.40. The van der Waals surface area contributed by atoms with Gasteiger partial charge < -0.3 is 15.0 Å². The third-order valence-corrected chi connectivity index (χ3v) is 4.64. The molecule has 1 saturated carbocycles. The number of nitrogens with two attached hydrogens (primary N) is 1. The van der Waals surface area contributed by atoms with Gasteiger partial charge in [-0.25, -0.2) is 0 Å². The fourth-order valence-corrected chi connectivity index (χ4v) is 3.16. The SMILES string of the molecule is COC1(c2noc(-c3c(Cl)ccc(Cl)c3N)n2)CCCC1. The lowest BCUT2D eigenvalue weighted by atomic mass is 10.0. The Morgan fingerprint density at radius 2 is 1.90 bits per heavy atom. The van der Waals surface area contributed by atoms with Gasteiger partial charge in [0.2, 0.25) is 5.82 Å². The normalized spacial score (nSPS) is 17.3. The average Bonchev–Trinajstić information content (AvgIpc) is 3.13. The van der Waals surface area contributed by atoms with E-state index in [1.165, 1.54) is 0 Å². The van der Waals surface area contributed by atoms with Crippen molar-refractivity contribution in [3.8, 4) is 11.5 Å². The van der Waals surface area contributed by atoms with Gasteiger partial charge in [0.25, 0.3) is 5.89 Å². The first-order chi connectivity index (χ1) is 10.1. The fourth-order valence-electron chi connectivity index (χ4n) is 2.76. The standard InChI is InChI=1S/C14H15Cl2N3O2/c1-20-14(6-2-3-7-14)13-18-12(21-19-13)10-8(15)4-5-9(16)11(10)17/h4-5H,2-3,6-7,17H2,1H3. The molecule has 0 spiro atoms. The Morgan fingerprint density at radius 3 is 2.57 bits per heavy atom. The molecule has 1 aliphatic carbocycles. The van der Waals surface area contributed by atoms with Crippen molar-refractivity contribution in [3.63, 3.8) is 0 Å². The van der Waals surface area contributed by atoms with Crippen LogP contribution < -0.4 is 5.73 Å². The number of hydrogen-bond donors (Lipinski definition) is 1. The van der Waals surface area contributed by atoms with Crippen LogP contribution in [-0.4, -0.2) is 17.3 Å². The summed E-state index contributed by atoms with van der Waals surface area (Å²) in [5.41, 5.74) is 6.29. The molecular formula is C14H15Cl2N3O2. The van der Waals surface area contributed by atoms with Crippen LogP contribution in [-0.2, 0) is 10.3 Å². The highest BCUT2D eigenvalue weighted by molar-refractivity contribution is 6.37. The van der Waals surface area contributed by atoms with Gasteiger partial charge in [0, 0.05) is 7.11 Å². The Balaban J connectivity index is 2.05. The molecule has 2 N–H and O–H groups in total. The number of benzene rings is 1. The average molecular weight is 328 g/mol. The van der Waals surface area contributed by atoms with Crippen molar-refractivity contribution in [2.45, 2.75) is 31.3 Å². The number of nitrogens with zero attached hydrogens (tertiary/aromatic N) is 2. The zero-order valence-electron chi connectivity index (χ0n) is 11.5. The summed E-state index contributed by atoms with van der Waals surface area (Å²) in [4.78, 5) is 4.44. The Hall–Kier alpha value is -1.30. The molecule has 0 saturated heterocycles. The molecular weight excluding hydrogens is 313 g/mol. The lowest BCUT2D eigenvalue weighted by Gasteiger charge is -2.22. The summed E-state index contributed by atoms with van der Waals surface area (Å²) >= 11 is 12.2. The molecule has 0 unspecified atom stereocenters. The van der Waals surface area contributed by atoms with Crippen molar-refractivity contribution >= 4 is 28.9 Å². The van der Waals surface area contributed by atoms with E-state index in [0.717, 1.165) is 25.7 Å². The van der Waals surface area contributed by atoms with Crippen LogP contribution in [0.15, 0.2) is 16.7 Å². The summed E-state index contributed by atoms with van der Waals surface area (Å²) < 4.78 is 11.0. The van der Waals surface area contributed by atoms with Crippen molar-refractivity contribution < 1.29 is 9.26 Å². The van der Waals surface area contributed by atoms with Crippen LogP contribution in [0, 0.1) is 0 Å². The number of nitrogen functional groups attached to an aromatic ring is 1. The maximum Gasteiger partial charge on any atom is 0.261 e. The molecule has 21 heavy (non-hydrogen) atoms. The fraction of sp³-hybridized carbons (Fsp3) is 0.429. The zero-order chi connectivity index (χ0) is 15.0. The second-order valence-electron chi connectivity index (χ2n) is 5.15. The van der Waals surface area contributed by atoms with Gasteiger partial charge in [-0.3, -0.25) is 0 Å². The van der Waals surface area contributed by atoms with E-state index in [9.17, 15) is 0 Å². The molecule has 0 radical (unpaired) electrons. The first kappa shape index (κ1) is 14.6. The Bertz CT molecular complexity index is 666. The lowest BCUT2D eigenvalue weighted by molar-refractivity contribution is -0.0178. The molecule has 1 fully saturated rings. The number of anilines is 1. The zero-order valence-corrected chi connectivity index (χ0v) is 13.0. The summed E-state index contributed by atoms with van der Waals surface area (Å²) in [6.45, 7) is 0. The molecule has 2 aromatic rings. The monoisotopic (exact) mass is 327 g/mol. The van der Waals surface area contributed by atoms with E-state index in [1.807, 2.05) is 0 Å². The van der Waals surface area contributed by atoms with E-state index < -0.39 is 5.60 Å². The highest BCUT2D eigenvalue weighted by Crippen LogP contribution is 2.42. The van der Waals surface area contributed by atoms with Crippen LogP contribution in [0.4, 0.5) is 5.69 Å². The third-order valence-electron chi connectivity index (χ3n) is 3.99. The number of halogens is 2. The van der Waals surface area contributed by atoms with Crippen LogP contribution in [0.25, 0.3) is 11.5 Å². The number of rotatable bonds is 3. The minimum absolute atomic E-state index is 0.262. The predicted molar refractivity (Wildman–Crippen MR) is 81.3 cm³/mol. The van der Waals surface area contributed by atoms with Crippen LogP contribution in [0.3, 0.4) is 0 Å². The first-order valence-electron chi connectivity index (χ1n) is 6.70. The van der Waals surface area contributed by atoms with Gasteiger partial charge in [-0.15, -0.1) is 0 Å². The van der Waals surface area contributed by atoms with E-state index >= 15 is 0 Å². The summed E-state index contributed by atoms with van der Waals surface area (Å²) in [5.74, 6) is 0.797. The van der Waals surface area contributed by atoms with Gasteiger partial charge in [-0.2, -0.15) is 4.98 Å². The van der Waals surface area contributed by atoms with Crippen LogP contribution >= 0.6 is 23.2 Å². The van der Waals surface area contributed by atoms with E-state index in [1.54, 1.807) is 19.2 Å². The van der Waals surface area contributed by atoms with Crippen molar-refractivity contribution in [2.24, 2.45) is 0 Å². The molecule has 1 aromatic heterocycles. The highest BCUT2D eigenvalue weighted by atomic mass is 35.5. The number of ether oxygens (including phenoxy) is 1. The molecule has 112 valence electrons. The summed E-state index contributed by atoms with van der Waals surface area (Å²) in [5, 5.41) is 4.88. The second kappa shape index (κ2) is 5.48. The summed E-state index contributed by atoms with van der Waals surface area (Å²) in [6.07, 6.45) is 3.91. The topological polar surface area (TPSA) is 74.2 Å². The number of hydrogen-bond acceptors (Lipinski definition) is 5. The first-order valence-corrected chi connectivity index (χ1v) is 7.46. The molecule has 0 atom stereocenters. The van der Waals surface area contributed by atoms with E-state index in [2.05, 4.69) is 10.1 Å². The summed E-state index contributed by atoms with van der Waals surface area (Å²) in [7, 11) is 1.67. The maximum absolute atomic E-state index is 6.18. The Labute approximate surface area is 132 Å². The van der Waals surface area contributed by atoms with Gasteiger partial charge in [-0.05, 0) is 37.8 Å². The van der Waals surface area contributed by atoms with Crippen molar-refractivity contribution in [1.82, 2.24) is 10.1 Å². The van der Waals surface area contributed by atoms with Crippen molar-refractivity contribution in [1.29, 1.82) is 0 Å². The lowest BCUT2D eigenvalue weighted by Crippen LogP contribution is -2.25. The van der Waals surface area contributed by atoms with Crippen LogP contribution in [0.5, 0.6) is 0 Å². The molecule has 3 rings (SSSR count). The molecule has 0 bridgehead atoms. The third kappa shape index (κ3) is 2.39. The van der Waals surface area contributed by atoms with Crippen molar-refractivity contribution in [2.75, 3.05) is 12.8 Å². The molecule has 7 heteroatoms. The maximum atomic E-state index is 6.18. The van der Waals surface area contributed by atoms with Gasteiger partial charge in [0.1, 0.15) is 5.60 Å². The van der Waals surface area contributed by atoms with Gasteiger partial charge >= 0.3 is 0 Å². The molecule has 0 aliphatic heterocycles. The molecule has 5 nitrogen and oxygen atoms in total. The largest absolute Gasteiger partial charge is 0.397 e. The van der Waals surface area contributed by atoms with E-state index in [-0.39, 0.29) is 5.89 Å². The number of aromatic nitrogens is 2. The number of methoxy groups -OCH3 is 1. The van der Waals surface area contributed by atoms with Gasteiger partial charge in [-0.1, -0.05) is 28.4 Å². The minimum Gasteiger partial charge on any atom is -0.397 e. The molecule has 1 heterocycles. The second-order valence-corrected chi connectivity index (χ2v) is 5.96.